The number of anilines is 1. The Kier molecular flexibility index (Phi) is 4.34. The van der Waals surface area contributed by atoms with E-state index in [0.29, 0.717) is 25.2 Å². The topological polar surface area (TPSA) is 58.1 Å². The third-order valence-corrected chi connectivity index (χ3v) is 5.00. The van der Waals surface area contributed by atoms with Gasteiger partial charge in [0.1, 0.15) is 5.82 Å². The molecular weight excluding hydrogens is 319 g/mol. The summed E-state index contributed by atoms with van der Waals surface area (Å²) in [6, 6.07) is 4.74. The van der Waals surface area contributed by atoms with E-state index in [-0.39, 0.29) is 11.8 Å². The largest absolute Gasteiger partial charge is 0.338 e. The molecule has 0 saturated carbocycles. The van der Waals surface area contributed by atoms with Gasteiger partial charge in [-0.05, 0) is 60.9 Å². The van der Waals surface area contributed by atoms with Crippen LogP contribution >= 0.6 is 0 Å². The predicted octanol–water partition coefficient (Wildman–Crippen LogP) is 3.01. The van der Waals surface area contributed by atoms with Gasteiger partial charge in [-0.15, -0.1) is 0 Å². The van der Waals surface area contributed by atoms with Crippen LogP contribution < -0.4 is 10.2 Å². The SMILES string of the molecule is O=C1NCCCN1c1cc(Cc2nncc3c2CCCC3)ccc1F. The molecule has 0 atom stereocenters. The van der Waals surface area contributed by atoms with Crippen molar-refractivity contribution < 1.29 is 9.18 Å². The van der Waals surface area contributed by atoms with Crippen molar-refractivity contribution in [1.29, 1.82) is 0 Å². The average molecular weight is 340 g/mol. The predicted molar refractivity (Wildman–Crippen MR) is 93.2 cm³/mol. The quantitative estimate of drug-likeness (QED) is 0.934. The van der Waals surface area contributed by atoms with Crippen LogP contribution in [0.4, 0.5) is 14.9 Å². The number of nitrogens with zero attached hydrogens (tertiary/aromatic N) is 3. The maximum absolute atomic E-state index is 14.3. The molecule has 1 N–H and O–H groups in total. The van der Waals surface area contributed by atoms with E-state index in [1.54, 1.807) is 12.1 Å². The normalized spacial score (nSPS) is 17.2. The molecule has 2 amide bonds. The zero-order valence-electron chi connectivity index (χ0n) is 14.1. The van der Waals surface area contributed by atoms with E-state index in [9.17, 15) is 9.18 Å². The third-order valence-electron chi connectivity index (χ3n) is 5.00. The first-order chi connectivity index (χ1) is 12.2. The van der Waals surface area contributed by atoms with E-state index in [2.05, 4.69) is 15.5 Å². The lowest BCUT2D eigenvalue weighted by Crippen LogP contribution is -2.46. The van der Waals surface area contributed by atoms with Crippen LogP contribution in [0.25, 0.3) is 0 Å². The summed E-state index contributed by atoms with van der Waals surface area (Å²) in [5, 5.41) is 11.2. The van der Waals surface area contributed by atoms with Crippen molar-refractivity contribution in [2.24, 2.45) is 0 Å². The average Bonchev–Trinajstić information content (AvgIpc) is 2.64. The molecule has 2 aliphatic rings. The number of hydrogen-bond acceptors (Lipinski definition) is 3. The van der Waals surface area contributed by atoms with Crippen LogP contribution in [0.1, 0.15) is 41.6 Å². The zero-order valence-corrected chi connectivity index (χ0v) is 14.1. The molecule has 25 heavy (non-hydrogen) atoms. The molecular formula is C19H21FN4O. The van der Waals surface area contributed by atoms with Crippen molar-refractivity contribution in [2.45, 2.75) is 38.5 Å². The van der Waals surface area contributed by atoms with Crippen molar-refractivity contribution in [3.8, 4) is 0 Å². The Morgan fingerprint density at radius 3 is 2.96 bits per heavy atom. The van der Waals surface area contributed by atoms with Gasteiger partial charge in [0.05, 0.1) is 17.6 Å². The molecule has 5 nitrogen and oxygen atoms in total. The number of rotatable bonds is 3. The molecule has 1 aromatic carbocycles. The molecule has 0 radical (unpaired) electrons. The third kappa shape index (κ3) is 3.21. The van der Waals surface area contributed by atoms with Gasteiger partial charge in [-0.25, -0.2) is 9.18 Å². The highest BCUT2D eigenvalue weighted by Crippen LogP contribution is 2.27. The highest BCUT2D eigenvalue weighted by Gasteiger charge is 2.23. The number of carbonyl (C=O) groups is 1. The van der Waals surface area contributed by atoms with Crippen LogP contribution in [0.5, 0.6) is 0 Å². The summed E-state index contributed by atoms with van der Waals surface area (Å²) < 4.78 is 14.3. The van der Waals surface area contributed by atoms with Crippen molar-refractivity contribution in [1.82, 2.24) is 15.5 Å². The fraction of sp³-hybridized carbons (Fsp3) is 0.421. The van der Waals surface area contributed by atoms with Crippen molar-refractivity contribution in [3.63, 3.8) is 0 Å². The number of halogens is 1. The number of aromatic nitrogens is 2. The first-order valence-corrected chi connectivity index (χ1v) is 8.88. The molecule has 2 aromatic rings. The molecule has 2 heterocycles. The summed E-state index contributed by atoms with van der Waals surface area (Å²) >= 11 is 0. The van der Waals surface area contributed by atoms with E-state index < -0.39 is 0 Å². The van der Waals surface area contributed by atoms with E-state index >= 15 is 0 Å². The second kappa shape index (κ2) is 6.78. The number of amides is 2. The highest BCUT2D eigenvalue weighted by atomic mass is 19.1. The molecule has 1 saturated heterocycles. The summed E-state index contributed by atoms with van der Waals surface area (Å²) in [5.41, 5.74) is 4.84. The van der Waals surface area contributed by atoms with Gasteiger partial charge >= 0.3 is 6.03 Å². The lowest BCUT2D eigenvalue weighted by molar-refractivity contribution is 0.242. The van der Waals surface area contributed by atoms with Gasteiger partial charge in [0.15, 0.2) is 0 Å². The Balaban J connectivity index is 1.64. The Morgan fingerprint density at radius 1 is 1.20 bits per heavy atom. The summed E-state index contributed by atoms with van der Waals surface area (Å²) in [7, 11) is 0. The number of urea groups is 1. The van der Waals surface area contributed by atoms with Crippen LogP contribution in [0.2, 0.25) is 0 Å². The monoisotopic (exact) mass is 340 g/mol. The number of fused-ring (bicyclic) bond motifs is 1. The number of hydrogen-bond donors (Lipinski definition) is 1. The summed E-state index contributed by atoms with van der Waals surface area (Å²) in [6.07, 6.45) is 7.75. The molecule has 130 valence electrons. The summed E-state index contributed by atoms with van der Waals surface area (Å²) in [5.74, 6) is -0.373. The number of carbonyl (C=O) groups excluding carboxylic acids is 1. The molecule has 1 aliphatic carbocycles. The van der Waals surface area contributed by atoms with E-state index in [0.717, 1.165) is 30.5 Å². The maximum Gasteiger partial charge on any atom is 0.321 e. The van der Waals surface area contributed by atoms with Crippen LogP contribution in [0.3, 0.4) is 0 Å². The first-order valence-electron chi connectivity index (χ1n) is 8.88. The van der Waals surface area contributed by atoms with Crippen molar-refractivity contribution in [2.75, 3.05) is 18.0 Å². The first kappa shape index (κ1) is 16.0. The lowest BCUT2D eigenvalue weighted by Gasteiger charge is -2.28. The van der Waals surface area contributed by atoms with E-state index in [1.165, 1.54) is 34.9 Å². The summed E-state index contributed by atoms with van der Waals surface area (Å²) in [4.78, 5) is 13.5. The molecule has 0 spiro atoms. The van der Waals surface area contributed by atoms with Crippen molar-refractivity contribution >= 4 is 11.7 Å². The molecule has 1 aromatic heterocycles. The van der Waals surface area contributed by atoms with Gasteiger partial charge in [0.2, 0.25) is 0 Å². The molecule has 1 aliphatic heterocycles. The fourth-order valence-corrected chi connectivity index (χ4v) is 3.70. The zero-order chi connectivity index (χ0) is 17.2. The Morgan fingerprint density at radius 2 is 2.08 bits per heavy atom. The molecule has 4 rings (SSSR count). The highest BCUT2D eigenvalue weighted by molar-refractivity contribution is 5.92. The number of benzene rings is 1. The van der Waals surface area contributed by atoms with Crippen LogP contribution in [-0.2, 0) is 19.3 Å². The lowest BCUT2D eigenvalue weighted by atomic mass is 9.90. The van der Waals surface area contributed by atoms with E-state index in [1.807, 2.05) is 6.20 Å². The van der Waals surface area contributed by atoms with Crippen LogP contribution in [0.15, 0.2) is 24.4 Å². The smallest absolute Gasteiger partial charge is 0.321 e. The number of aryl methyl sites for hydroxylation is 1. The molecule has 0 unspecified atom stereocenters. The second-order valence-corrected chi connectivity index (χ2v) is 6.70. The van der Waals surface area contributed by atoms with Crippen molar-refractivity contribution in [3.05, 3.63) is 52.6 Å². The second-order valence-electron chi connectivity index (χ2n) is 6.70. The minimum Gasteiger partial charge on any atom is -0.338 e. The Hall–Kier alpha value is -2.50. The maximum atomic E-state index is 14.3. The standard InChI is InChI=1S/C19H21FN4O/c20-16-7-6-13(11-18(16)24-9-3-8-21-19(24)25)10-17-15-5-2-1-4-14(15)12-22-23-17/h6-7,11-12H,1-5,8-10H2,(H,21,25). The molecule has 0 bridgehead atoms. The molecule has 6 heteroatoms. The Bertz CT molecular complexity index is 808. The van der Waals surface area contributed by atoms with E-state index in [4.69, 9.17) is 0 Å². The van der Waals surface area contributed by atoms with Gasteiger partial charge in [0, 0.05) is 19.5 Å². The minimum atomic E-state index is -0.373. The van der Waals surface area contributed by atoms with Gasteiger partial charge in [-0.3, -0.25) is 4.90 Å². The van der Waals surface area contributed by atoms with Gasteiger partial charge in [-0.1, -0.05) is 6.07 Å². The summed E-state index contributed by atoms with van der Waals surface area (Å²) in [6.45, 7) is 1.18. The molecule has 1 fully saturated rings. The minimum absolute atomic E-state index is 0.237. The Labute approximate surface area is 146 Å². The van der Waals surface area contributed by atoms with Gasteiger partial charge in [-0.2, -0.15) is 10.2 Å². The number of nitrogens with one attached hydrogen (secondary N) is 1. The van der Waals surface area contributed by atoms with Crippen LogP contribution in [-0.4, -0.2) is 29.3 Å². The van der Waals surface area contributed by atoms with Gasteiger partial charge < -0.3 is 5.32 Å². The van der Waals surface area contributed by atoms with Gasteiger partial charge in [0.25, 0.3) is 0 Å². The van der Waals surface area contributed by atoms with Crippen LogP contribution in [0, 0.1) is 5.82 Å². The fourth-order valence-electron chi connectivity index (χ4n) is 3.70.